The lowest BCUT2D eigenvalue weighted by molar-refractivity contribution is -0.142. The van der Waals surface area contributed by atoms with Crippen LogP contribution in [0.15, 0.2) is 42.5 Å². The Hall–Kier alpha value is -2.16. The maximum Gasteiger partial charge on any atom is 0.252 e. The number of halogens is 2. The van der Waals surface area contributed by atoms with Crippen LogP contribution in [0.3, 0.4) is 0 Å². The molecule has 0 radical (unpaired) electrons. The molecule has 0 aliphatic carbocycles. The molecular weight excluding hydrogens is 523 g/mol. The van der Waals surface area contributed by atoms with Crippen molar-refractivity contribution in [2.24, 2.45) is 5.92 Å². The number of carbonyl (C=O) groups is 2. The fourth-order valence-corrected chi connectivity index (χ4v) is 5.54. The molecule has 0 N–H and O–H groups in total. The highest BCUT2D eigenvalue weighted by molar-refractivity contribution is 6.31. The lowest BCUT2D eigenvalue weighted by atomic mass is 9.97. The zero-order chi connectivity index (χ0) is 27.2. The van der Waals surface area contributed by atoms with E-state index in [0.717, 1.165) is 55.4 Å². The summed E-state index contributed by atoms with van der Waals surface area (Å²) in [4.78, 5) is 35.3. The molecule has 1 saturated heterocycles. The smallest absolute Gasteiger partial charge is 0.252 e. The van der Waals surface area contributed by atoms with Crippen LogP contribution < -0.4 is 4.90 Å². The molecule has 0 atom stereocenters. The molecule has 2 aromatic carbocycles. The quantitative estimate of drug-likeness (QED) is 0.518. The molecule has 0 spiro atoms. The summed E-state index contributed by atoms with van der Waals surface area (Å²) in [6.07, 6.45) is 0.815. The molecule has 0 unspecified atom stereocenters. The minimum atomic E-state index is -0.110. The molecule has 38 heavy (non-hydrogen) atoms. The first-order valence-corrected chi connectivity index (χ1v) is 14.1. The topological polar surface area (TPSA) is 56.3 Å². The largest absolute Gasteiger partial charge is 0.375 e. The van der Waals surface area contributed by atoms with Crippen molar-refractivity contribution in [2.45, 2.75) is 39.4 Å². The Morgan fingerprint density at radius 2 is 1.68 bits per heavy atom. The summed E-state index contributed by atoms with van der Waals surface area (Å²) in [6, 6.07) is 13.8. The van der Waals surface area contributed by atoms with E-state index in [-0.39, 0.29) is 24.3 Å². The van der Waals surface area contributed by atoms with E-state index in [1.54, 1.807) is 4.90 Å². The number of carbonyl (C=O) groups excluding carboxylic acids is 2. The highest BCUT2D eigenvalue weighted by Crippen LogP contribution is 2.29. The van der Waals surface area contributed by atoms with Gasteiger partial charge in [0, 0.05) is 75.6 Å². The Kier molecular flexibility index (Phi) is 10.1. The summed E-state index contributed by atoms with van der Waals surface area (Å²) in [7, 11) is 1.53. The predicted molar refractivity (Wildman–Crippen MR) is 153 cm³/mol. The van der Waals surface area contributed by atoms with Gasteiger partial charge < -0.3 is 14.5 Å². The number of benzene rings is 2. The molecule has 1 fully saturated rings. The van der Waals surface area contributed by atoms with Gasteiger partial charge in [-0.1, -0.05) is 41.4 Å². The van der Waals surface area contributed by atoms with Crippen LogP contribution in [0.25, 0.3) is 0 Å². The minimum absolute atomic E-state index is 0.00593. The van der Waals surface area contributed by atoms with Gasteiger partial charge in [-0.15, -0.1) is 0 Å². The number of anilines is 1. The summed E-state index contributed by atoms with van der Waals surface area (Å²) >= 11 is 12.4. The van der Waals surface area contributed by atoms with Crippen LogP contribution in [0.4, 0.5) is 5.69 Å². The van der Waals surface area contributed by atoms with Crippen molar-refractivity contribution in [3.8, 4) is 0 Å². The summed E-state index contributed by atoms with van der Waals surface area (Å²) in [5.41, 5.74) is 2.87. The molecule has 7 nitrogen and oxygen atoms in total. The number of likely N-dealkylation sites (tertiary alicyclic amines) is 1. The van der Waals surface area contributed by atoms with E-state index < -0.39 is 0 Å². The van der Waals surface area contributed by atoms with Gasteiger partial charge in [0.1, 0.15) is 6.61 Å². The highest BCUT2D eigenvalue weighted by atomic mass is 35.5. The van der Waals surface area contributed by atoms with Crippen LogP contribution in [0, 0.1) is 5.92 Å². The van der Waals surface area contributed by atoms with E-state index in [1.165, 1.54) is 12.7 Å². The summed E-state index contributed by atoms with van der Waals surface area (Å²) in [5.74, 6) is 0.0129. The Balaban J connectivity index is 1.54. The van der Waals surface area contributed by atoms with Gasteiger partial charge in [-0.05, 0) is 55.7 Å². The average Bonchev–Trinajstić information content (AvgIpc) is 2.89. The fourth-order valence-electron chi connectivity index (χ4n) is 5.25. The highest BCUT2D eigenvalue weighted by Gasteiger charge is 2.36. The second-order valence-corrected chi connectivity index (χ2v) is 11.4. The molecule has 0 bridgehead atoms. The average molecular weight is 562 g/mol. The maximum absolute atomic E-state index is 13.8. The van der Waals surface area contributed by atoms with Gasteiger partial charge in [0.2, 0.25) is 5.91 Å². The lowest BCUT2D eigenvalue weighted by Crippen LogP contribution is -2.54. The number of hydrogen-bond acceptors (Lipinski definition) is 5. The monoisotopic (exact) mass is 560 g/mol. The summed E-state index contributed by atoms with van der Waals surface area (Å²) in [5, 5.41) is 1.29. The number of fused-ring (bicyclic) bond motifs is 1. The number of hydrogen-bond donors (Lipinski definition) is 0. The van der Waals surface area contributed by atoms with Gasteiger partial charge in [0.25, 0.3) is 5.91 Å². The van der Waals surface area contributed by atoms with Crippen molar-refractivity contribution in [1.82, 2.24) is 14.7 Å². The first kappa shape index (κ1) is 28.8. The Labute approximate surface area is 236 Å². The summed E-state index contributed by atoms with van der Waals surface area (Å²) in [6.45, 7) is 9.88. The van der Waals surface area contributed by atoms with Crippen LogP contribution in [0.1, 0.15) is 31.4 Å². The van der Waals surface area contributed by atoms with Crippen molar-refractivity contribution in [2.75, 3.05) is 57.9 Å². The number of nitrogens with zero attached hydrogens (tertiary/aromatic N) is 4. The standard InChI is InChI=1S/C29H38Cl2N4O3/c1-21(2)33-11-4-12-35(28(36)20-38-3)27-15-26(31)10-7-23(27)19-34(14-13-33)29(37)24-17-32(18-24)16-22-5-8-25(30)9-6-22/h5-10,15,21,24H,4,11-14,16-20H2,1-3H3. The van der Waals surface area contributed by atoms with Crippen LogP contribution in [0.5, 0.6) is 0 Å². The second-order valence-electron chi connectivity index (χ2n) is 10.5. The SMILES string of the molecule is COCC(=O)N1CCCN(C(C)C)CCN(C(=O)C2CN(Cc3ccc(Cl)cc3)C2)Cc2ccc(Cl)cc21. The minimum Gasteiger partial charge on any atom is -0.375 e. The third-order valence-corrected chi connectivity index (χ3v) is 7.91. The molecule has 2 amide bonds. The van der Waals surface area contributed by atoms with Crippen molar-refractivity contribution in [3.63, 3.8) is 0 Å². The molecule has 2 heterocycles. The molecule has 9 heteroatoms. The molecule has 2 aliphatic rings. The first-order chi connectivity index (χ1) is 18.2. The first-order valence-electron chi connectivity index (χ1n) is 13.3. The van der Waals surface area contributed by atoms with Crippen molar-refractivity contribution in [3.05, 3.63) is 63.6 Å². The van der Waals surface area contributed by atoms with Crippen molar-refractivity contribution in [1.29, 1.82) is 0 Å². The van der Waals surface area contributed by atoms with Crippen LogP contribution >= 0.6 is 23.2 Å². The van der Waals surface area contributed by atoms with E-state index in [2.05, 4.69) is 23.6 Å². The van der Waals surface area contributed by atoms with Crippen molar-refractivity contribution < 1.29 is 14.3 Å². The Morgan fingerprint density at radius 1 is 0.974 bits per heavy atom. The Morgan fingerprint density at radius 3 is 2.37 bits per heavy atom. The third-order valence-electron chi connectivity index (χ3n) is 7.42. The van der Waals surface area contributed by atoms with Gasteiger partial charge in [-0.3, -0.25) is 19.4 Å². The van der Waals surface area contributed by atoms with Crippen LogP contribution in [-0.2, 0) is 27.4 Å². The molecule has 2 aliphatic heterocycles. The van der Waals surface area contributed by atoms with Gasteiger partial charge >= 0.3 is 0 Å². The summed E-state index contributed by atoms with van der Waals surface area (Å²) < 4.78 is 5.18. The molecule has 0 saturated carbocycles. The number of rotatable bonds is 6. The van der Waals surface area contributed by atoms with E-state index in [1.807, 2.05) is 47.4 Å². The van der Waals surface area contributed by atoms with Crippen LogP contribution in [0.2, 0.25) is 10.0 Å². The van der Waals surface area contributed by atoms with Gasteiger partial charge in [0.05, 0.1) is 11.6 Å². The van der Waals surface area contributed by atoms with Gasteiger partial charge in [-0.25, -0.2) is 0 Å². The molecule has 4 rings (SSSR count). The molecule has 2 aromatic rings. The van der Waals surface area contributed by atoms with E-state index in [9.17, 15) is 9.59 Å². The molecule has 0 aromatic heterocycles. The van der Waals surface area contributed by atoms with Gasteiger partial charge in [-0.2, -0.15) is 0 Å². The number of methoxy groups -OCH3 is 1. The zero-order valence-corrected chi connectivity index (χ0v) is 24.0. The number of ether oxygens (including phenoxy) is 1. The Bertz CT molecular complexity index is 1110. The molecule has 206 valence electrons. The van der Waals surface area contributed by atoms with Gasteiger partial charge in [0.15, 0.2) is 0 Å². The predicted octanol–water partition coefficient (Wildman–Crippen LogP) is 4.55. The van der Waals surface area contributed by atoms with Crippen LogP contribution in [-0.4, -0.2) is 85.5 Å². The zero-order valence-electron chi connectivity index (χ0n) is 22.5. The van der Waals surface area contributed by atoms with E-state index in [4.69, 9.17) is 27.9 Å². The fraction of sp³-hybridized carbons (Fsp3) is 0.517. The number of amides is 2. The van der Waals surface area contributed by atoms with E-state index >= 15 is 0 Å². The van der Waals surface area contributed by atoms with E-state index in [0.29, 0.717) is 30.7 Å². The lowest BCUT2D eigenvalue weighted by Gasteiger charge is -2.41. The molecular formula is C29H38Cl2N4O3. The van der Waals surface area contributed by atoms with Crippen molar-refractivity contribution >= 4 is 40.7 Å². The normalized spacial score (nSPS) is 18.2. The maximum atomic E-state index is 13.8. The second kappa shape index (κ2) is 13.3. The third kappa shape index (κ3) is 7.27.